The summed E-state index contributed by atoms with van der Waals surface area (Å²) in [6.45, 7) is 0.478. The lowest BCUT2D eigenvalue weighted by atomic mass is 10.1. The lowest BCUT2D eigenvalue weighted by Crippen LogP contribution is -2.32. The highest BCUT2D eigenvalue weighted by atomic mass is 16.8. The molecule has 6 heteroatoms. The van der Waals surface area contributed by atoms with Gasteiger partial charge >= 0.3 is 5.97 Å². The summed E-state index contributed by atoms with van der Waals surface area (Å²) in [5.74, 6) is -3.27. The molecule has 0 bridgehead atoms. The number of hydrogen-bond donors (Lipinski definition) is 2. The van der Waals surface area contributed by atoms with Crippen molar-refractivity contribution in [3.63, 3.8) is 0 Å². The molecule has 0 aromatic heterocycles. The van der Waals surface area contributed by atoms with Gasteiger partial charge in [0.25, 0.3) is 5.97 Å². The van der Waals surface area contributed by atoms with Crippen molar-refractivity contribution in [3.05, 3.63) is 0 Å². The fraction of sp³-hybridized carbons (Fsp3) is 0.750. The second kappa shape index (κ2) is 4.50. The number of carbonyl (C=O) groups is 2. The first kappa shape index (κ1) is 11.1. The molecule has 1 heterocycles. The van der Waals surface area contributed by atoms with Gasteiger partial charge in [-0.3, -0.25) is 9.59 Å². The monoisotopic (exact) mass is 204 g/mol. The number of carbonyl (C=O) groups excluding carboxylic acids is 1. The largest absolute Gasteiger partial charge is 0.481 e. The normalized spacial score (nSPS) is 19.5. The van der Waals surface area contributed by atoms with Crippen molar-refractivity contribution in [3.8, 4) is 0 Å². The number of aliphatic carboxylic acids is 1. The Morgan fingerprint density at radius 2 is 1.79 bits per heavy atom. The van der Waals surface area contributed by atoms with Crippen molar-refractivity contribution < 1.29 is 29.3 Å². The van der Waals surface area contributed by atoms with Crippen LogP contribution in [-0.2, 0) is 19.1 Å². The first-order chi connectivity index (χ1) is 6.52. The number of Topliss-reactive ketones (excluding diaryl/α,β-unsaturated/α-hetero) is 1. The predicted molar refractivity (Wildman–Crippen MR) is 43.3 cm³/mol. The third kappa shape index (κ3) is 3.41. The molecule has 0 amide bonds. The Labute approximate surface area is 80.4 Å². The van der Waals surface area contributed by atoms with E-state index in [9.17, 15) is 14.7 Å². The van der Waals surface area contributed by atoms with E-state index in [0.717, 1.165) is 0 Å². The average molecular weight is 204 g/mol. The zero-order valence-electron chi connectivity index (χ0n) is 7.56. The Balaban J connectivity index is 2.29. The van der Waals surface area contributed by atoms with Crippen LogP contribution in [-0.4, -0.2) is 41.2 Å². The van der Waals surface area contributed by atoms with Crippen LogP contribution in [0.5, 0.6) is 0 Å². The molecule has 6 nitrogen and oxygen atoms in total. The molecular weight excluding hydrogens is 192 g/mol. The Morgan fingerprint density at radius 3 is 2.29 bits per heavy atom. The molecule has 80 valence electrons. The summed E-state index contributed by atoms with van der Waals surface area (Å²) in [5, 5.41) is 17.7. The fourth-order valence-electron chi connectivity index (χ4n) is 1.13. The van der Waals surface area contributed by atoms with Crippen molar-refractivity contribution in [1.82, 2.24) is 0 Å². The van der Waals surface area contributed by atoms with Crippen LogP contribution in [0.3, 0.4) is 0 Å². The van der Waals surface area contributed by atoms with E-state index < -0.39 is 17.7 Å². The molecule has 0 aliphatic carbocycles. The third-order valence-corrected chi connectivity index (χ3v) is 1.78. The lowest BCUT2D eigenvalue weighted by Gasteiger charge is -2.18. The molecule has 1 rings (SSSR count). The summed E-state index contributed by atoms with van der Waals surface area (Å²) in [7, 11) is 0. The second-order valence-corrected chi connectivity index (χ2v) is 3.02. The zero-order chi connectivity index (χ0) is 10.6. The maximum absolute atomic E-state index is 11.1. The molecule has 1 aliphatic rings. The van der Waals surface area contributed by atoms with Crippen LogP contribution in [0, 0.1) is 0 Å². The fourth-order valence-corrected chi connectivity index (χ4v) is 1.13. The van der Waals surface area contributed by atoms with Gasteiger partial charge in [-0.1, -0.05) is 0 Å². The number of aliphatic hydroxyl groups is 1. The van der Waals surface area contributed by atoms with Gasteiger partial charge in [-0.15, -0.1) is 0 Å². The molecule has 0 unspecified atom stereocenters. The summed E-state index contributed by atoms with van der Waals surface area (Å²) in [6.07, 6.45) is -0.681. The standard InChI is InChI=1S/C8H12O6/c9-6(1-2-7(10)11)5-8(12)13-3-4-14-8/h12H,1-5H2,(H,10,11). The molecule has 0 spiro atoms. The van der Waals surface area contributed by atoms with E-state index in [1.165, 1.54) is 0 Å². The Kier molecular flexibility index (Phi) is 3.56. The predicted octanol–water partition coefficient (Wildman–Crippen LogP) is -0.497. The van der Waals surface area contributed by atoms with Crippen LogP contribution in [0.2, 0.25) is 0 Å². The minimum Gasteiger partial charge on any atom is -0.481 e. The van der Waals surface area contributed by atoms with Crippen molar-refractivity contribution in [2.45, 2.75) is 25.2 Å². The van der Waals surface area contributed by atoms with E-state index in [4.69, 9.17) is 14.6 Å². The summed E-state index contributed by atoms with van der Waals surface area (Å²) >= 11 is 0. The van der Waals surface area contributed by atoms with Gasteiger partial charge in [0, 0.05) is 6.42 Å². The van der Waals surface area contributed by atoms with Gasteiger partial charge in [0.05, 0.1) is 26.1 Å². The first-order valence-corrected chi connectivity index (χ1v) is 4.26. The Bertz CT molecular complexity index is 230. The third-order valence-electron chi connectivity index (χ3n) is 1.78. The van der Waals surface area contributed by atoms with Gasteiger partial charge in [-0.25, -0.2) is 0 Å². The maximum Gasteiger partial charge on any atom is 0.303 e. The van der Waals surface area contributed by atoms with Crippen LogP contribution in [0.4, 0.5) is 0 Å². The summed E-state index contributed by atoms with van der Waals surface area (Å²) < 4.78 is 9.57. The Morgan fingerprint density at radius 1 is 1.21 bits per heavy atom. The smallest absolute Gasteiger partial charge is 0.303 e. The van der Waals surface area contributed by atoms with E-state index in [1.54, 1.807) is 0 Å². The summed E-state index contributed by atoms with van der Waals surface area (Å²) in [6, 6.07) is 0. The van der Waals surface area contributed by atoms with Crippen LogP contribution in [0.25, 0.3) is 0 Å². The lowest BCUT2D eigenvalue weighted by molar-refractivity contribution is -0.303. The molecule has 1 fully saturated rings. The molecule has 14 heavy (non-hydrogen) atoms. The van der Waals surface area contributed by atoms with Crippen molar-refractivity contribution in [2.24, 2.45) is 0 Å². The molecule has 1 aliphatic heterocycles. The molecule has 2 N–H and O–H groups in total. The van der Waals surface area contributed by atoms with E-state index in [1.807, 2.05) is 0 Å². The molecule has 0 atom stereocenters. The number of hydrogen-bond acceptors (Lipinski definition) is 5. The van der Waals surface area contributed by atoms with Gasteiger partial charge in [0.2, 0.25) is 0 Å². The van der Waals surface area contributed by atoms with Crippen molar-refractivity contribution in [1.29, 1.82) is 0 Å². The van der Waals surface area contributed by atoms with E-state index in [-0.39, 0.29) is 32.5 Å². The van der Waals surface area contributed by atoms with E-state index in [2.05, 4.69) is 0 Å². The molecule has 1 saturated heterocycles. The second-order valence-electron chi connectivity index (χ2n) is 3.02. The number of ether oxygens (including phenoxy) is 2. The summed E-state index contributed by atoms with van der Waals surface area (Å²) in [4.78, 5) is 21.3. The van der Waals surface area contributed by atoms with Crippen molar-refractivity contribution >= 4 is 11.8 Å². The summed E-state index contributed by atoms with van der Waals surface area (Å²) in [5.41, 5.74) is 0. The highest BCUT2D eigenvalue weighted by molar-refractivity contribution is 5.82. The highest BCUT2D eigenvalue weighted by Gasteiger charge is 2.36. The van der Waals surface area contributed by atoms with E-state index >= 15 is 0 Å². The van der Waals surface area contributed by atoms with Gasteiger partial charge in [0.15, 0.2) is 0 Å². The SMILES string of the molecule is O=C(O)CCC(=O)CC1(O)OCCO1. The molecule has 0 aromatic carbocycles. The van der Waals surface area contributed by atoms with Gasteiger partial charge in [0.1, 0.15) is 5.78 Å². The van der Waals surface area contributed by atoms with Gasteiger partial charge in [-0.05, 0) is 0 Å². The minimum absolute atomic E-state index is 0.121. The number of ketones is 1. The molecule has 0 saturated carbocycles. The topological polar surface area (TPSA) is 93.1 Å². The number of rotatable bonds is 5. The minimum atomic E-state index is -1.84. The number of carboxylic acids is 1. The number of carboxylic acid groups (broad SMARTS) is 1. The van der Waals surface area contributed by atoms with Crippen LogP contribution >= 0.6 is 0 Å². The van der Waals surface area contributed by atoms with Crippen molar-refractivity contribution in [2.75, 3.05) is 13.2 Å². The van der Waals surface area contributed by atoms with E-state index in [0.29, 0.717) is 0 Å². The van der Waals surface area contributed by atoms with Crippen LogP contribution in [0.1, 0.15) is 19.3 Å². The zero-order valence-corrected chi connectivity index (χ0v) is 7.56. The molecule has 0 aromatic rings. The Hall–Kier alpha value is -0.980. The molecule has 0 radical (unpaired) electrons. The maximum atomic E-state index is 11.1. The van der Waals surface area contributed by atoms with Crippen LogP contribution in [0.15, 0.2) is 0 Å². The van der Waals surface area contributed by atoms with Gasteiger partial charge in [-0.2, -0.15) is 0 Å². The highest BCUT2D eigenvalue weighted by Crippen LogP contribution is 2.20. The van der Waals surface area contributed by atoms with Gasteiger partial charge < -0.3 is 19.7 Å². The molecular formula is C8H12O6. The average Bonchev–Trinajstić information content (AvgIpc) is 2.48. The van der Waals surface area contributed by atoms with Crippen LogP contribution < -0.4 is 0 Å². The first-order valence-electron chi connectivity index (χ1n) is 4.26. The quantitative estimate of drug-likeness (QED) is 0.627.